The molecule has 0 aromatic heterocycles. The smallest absolute Gasteiger partial charge is 0.119 e. The van der Waals surface area contributed by atoms with E-state index in [1.54, 1.807) is 12.1 Å². The van der Waals surface area contributed by atoms with Crippen LogP contribution in [0.5, 0.6) is 5.75 Å². The average Bonchev–Trinajstić information content (AvgIpc) is 2.03. The summed E-state index contributed by atoms with van der Waals surface area (Å²) in [6, 6.07) is 5.64. The summed E-state index contributed by atoms with van der Waals surface area (Å²) in [5, 5.41) is 9.55. The third-order valence-corrected chi connectivity index (χ3v) is 1.91. The Kier molecular flexibility index (Phi) is 2.54. The Morgan fingerprint density at radius 1 is 1.42 bits per heavy atom. The maximum absolute atomic E-state index is 9.55. The molecule has 1 aromatic carbocycles. The number of phenols is 1. The van der Waals surface area contributed by atoms with Gasteiger partial charge in [-0.25, -0.2) is 0 Å². The summed E-state index contributed by atoms with van der Waals surface area (Å²) in [7, 11) is 0. The largest absolute Gasteiger partial charge is 0.508 e. The van der Waals surface area contributed by atoms with Crippen LogP contribution >= 0.6 is 0 Å². The average molecular weight is 162 g/mol. The summed E-state index contributed by atoms with van der Waals surface area (Å²) in [5.41, 5.74) is 1.94. The normalized spacial score (nSPS) is 10.2. The van der Waals surface area contributed by atoms with Gasteiger partial charge in [-0.3, -0.25) is 0 Å². The van der Waals surface area contributed by atoms with Crippen LogP contribution in [-0.4, -0.2) is 5.11 Å². The second-order valence-electron chi connectivity index (χ2n) is 3.18. The topological polar surface area (TPSA) is 20.2 Å². The molecule has 1 N–H and O–H groups in total. The molecule has 0 amide bonds. The van der Waals surface area contributed by atoms with Gasteiger partial charge >= 0.3 is 0 Å². The number of aromatic hydroxyl groups is 1. The molecule has 0 bridgehead atoms. The van der Waals surface area contributed by atoms with Crippen LogP contribution in [-0.2, 0) is 0 Å². The van der Waals surface area contributed by atoms with Gasteiger partial charge in [-0.2, -0.15) is 0 Å². The van der Waals surface area contributed by atoms with Crippen molar-refractivity contribution in [2.45, 2.75) is 19.8 Å². The third kappa shape index (κ3) is 1.67. The van der Waals surface area contributed by atoms with Crippen LogP contribution in [0.3, 0.4) is 0 Å². The van der Waals surface area contributed by atoms with Crippen molar-refractivity contribution in [1.29, 1.82) is 0 Å². The molecule has 64 valence electrons. The minimum atomic E-state index is 0.363. The van der Waals surface area contributed by atoms with Crippen LogP contribution in [0.2, 0.25) is 0 Å². The lowest BCUT2D eigenvalue weighted by Crippen LogP contribution is -1.87. The highest BCUT2D eigenvalue weighted by Gasteiger charge is 2.04. The fourth-order valence-corrected chi connectivity index (χ4v) is 1.18. The van der Waals surface area contributed by atoms with Gasteiger partial charge in [0.2, 0.25) is 0 Å². The first-order valence-corrected chi connectivity index (χ1v) is 4.10. The second kappa shape index (κ2) is 3.44. The maximum atomic E-state index is 9.55. The van der Waals surface area contributed by atoms with Gasteiger partial charge < -0.3 is 5.11 Å². The van der Waals surface area contributed by atoms with E-state index in [0.29, 0.717) is 11.7 Å². The summed E-state index contributed by atoms with van der Waals surface area (Å²) < 4.78 is 0. The van der Waals surface area contributed by atoms with Crippen molar-refractivity contribution >= 4 is 6.08 Å². The molecule has 1 aromatic rings. The molecular weight excluding hydrogens is 148 g/mol. The summed E-state index contributed by atoms with van der Waals surface area (Å²) in [6.07, 6.45) is 1.73. The first-order chi connectivity index (χ1) is 5.65. The molecular formula is C11H14O. The van der Waals surface area contributed by atoms with E-state index in [9.17, 15) is 5.11 Å². The Morgan fingerprint density at radius 3 is 2.50 bits per heavy atom. The minimum absolute atomic E-state index is 0.363. The lowest BCUT2D eigenvalue weighted by Gasteiger charge is -2.08. The Labute approximate surface area is 73.4 Å². The quantitative estimate of drug-likeness (QED) is 0.708. The Bertz CT molecular complexity index is 287. The molecule has 1 heteroatoms. The number of hydrogen-bond donors (Lipinski definition) is 1. The zero-order chi connectivity index (χ0) is 9.14. The number of phenolic OH excluding ortho intramolecular Hbond substituents is 1. The number of benzene rings is 1. The molecule has 0 unspecified atom stereocenters. The predicted molar refractivity (Wildman–Crippen MR) is 52.3 cm³/mol. The molecule has 1 rings (SSSR count). The van der Waals surface area contributed by atoms with E-state index < -0.39 is 0 Å². The van der Waals surface area contributed by atoms with E-state index in [-0.39, 0.29) is 0 Å². The second-order valence-corrected chi connectivity index (χ2v) is 3.18. The minimum Gasteiger partial charge on any atom is -0.508 e. The van der Waals surface area contributed by atoms with E-state index in [1.165, 1.54) is 0 Å². The first kappa shape index (κ1) is 8.85. The monoisotopic (exact) mass is 162 g/mol. The molecule has 0 heterocycles. The molecule has 0 atom stereocenters. The van der Waals surface area contributed by atoms with Gasteiger partial charge in [-0.05, 0) is 23.1 Å². The molecule has 0 saturated heterocycles. The van der Waals surface area contributed by atoms with Crippen LogP contribution in [0.15, 0.2) is 24.8 Å². The van der Waals surface area contributed by atoms with Crippen molar-refractivity contribution in [3.63, 3.8) is 0 Å². The summed E-state index contributed by atoms with van der Waals surface area (Å²) in [4.78, 5) is 0. The molecule has 0 fully saturated rings. The molecule has 0 spiro atoms. The zero-order valence-electron chi connectivity index (χ0n) is 7.54. The van der Waals surface area contributed by atoms with Gasteiger partial charge in [0.05, 0.1) is 0 Å². The van der Waals surface area contributed by atoms with Crippen LogP contribution < -0.4 is 0 Å². The van der Waals surface area contributed by atoms with Gasteiger partial charge in [-0.15, -0.1) is 0 Å². The third-order valence-electron chi connectivity index (χ3n) is 1.91. The first-order valence-electron chi connectivity index (χ1n) is 4.10. The van der Waals surface area contributed by atoms with E-state index in [0.717, 1.165) is 11.1 Å². The zero-order valence-corrected chi connectivity index (χ0v) is 7.54. The highest BCUT2D eigenvalue weighted by molar-refractivity contribution is 5.52. The standard InChI is InChI=1S/C11H14O/c1-4-9-5-6-10(8(2)3)11(12)7-9/h4-8,12H,1H2,2-3H3. The van der Waals surface area contributed by atoms with Crippen molar-refractivity contribution in [2.24, 2.45) is 0 Å². The number of hydrogen-bond acceptors (Lipinski definition) is 1. The van der Waals surface area contributed by atoms with Crippen molar-refractivity contribution in [1.82, 2.24) is 0 Å². The van der Waals surface area contributed by atoms with E-state index >= 15 is 0 Å². The Morgan fingerprint density at radius 2 is 2.08 bits per heavy atom. The van der Waals surface area contributed by atoms with Crippen molar-refractivity contribution in [2.75, 3.05) is 0 Å². The van der Waals surface area contributed by atoms with Gasteiger partial charge in [0.25, 0.3) is 0 Å². The summed E-state index contributed by atoms with van der Waals surface area (Å²) in [6.45, 7) is 7.75. The molecule has 0 saturated carbocycles. The van der Waals surface area contributed by atoms with Gasteiger partial charge in [-0.1, -0.05) is 38.6 Å². The molecule has 0 aliphatic carbocycles. The maximum Gasteiger partial charge on any atom is 0.119 e. The summed E-state index contributed by atoms with van der Waals surface area (Å²) in [5.74, 6) is 0.728. The lowest BCUT2D eigenvalue weighted by molar-refractivity contribution is 0.465. The molecule has 12 heavy (non-hydrogen) atoms. The molecule has 0 radical (unpaired) electrons. The van der Waals surface area contributed by atoms with E-state index in [2.05, 4.69) is 20.4 Å². The fourth-order valence-electron chi connectivity index (χ4n) is 1.18. The van der Waals surface area contributed by atoms with Crippen molar-refractivity contribution < 1.29 is 5.11 Å². The van der Waals surface area contributed by atoms with Gasteiger partial charge in [0.1, 0.15) is 5.75 Å². The van der Waals surface area contributed by atoms with Crippen LogP contribution in [0.25, 0.3) is 6.08 Å². The van der Waals surface area contributed by atoms with Crippen LogP contribution in [0.1, 0.15) is 30.9 Å². The Hall–Kier alpha value is -1.24. The van der Waals surface area contributed by atoms with E-state index in [1.807, 2.05) is 12.1 Å². The Balaban J connectivity index is 3.11. The van der Waals surface area contributed by atoms with E-state index in [4.69, 9.17) is 0 Å². The molecule has 1 nitrogen and oxygen atoms in total. The molecule has 0 aliphatic rings. The molecule has 0 aliphatic heterocycles. The van der Waals surface area contributed by atoms with Crippen molar-refractivity contribution in [3.05, 3.63) is 35.9 Å². The fraction of sp³-hybridized carbons (Fsp3) is 0.273. The number of rotatable bonds is 2. The van der Waals surface area contributed by atoms with Gasteiger partial charge in [0, 0.05) is 0 Å². The van der Waals surface area contributed by atoms with Crippen LogP contribution in [0, 0.1) is 0 Å². The summed E-state index contributed by atoms with van der Waals surface area (Å²) >= 11 is 0. The highest BCUT2D eigenvalue weighted by atomic mass is 16.3. The lowest BCUT2D eigenvalue weighted by atomic mass is 10.0. The predicted octanol–water partition coefficient (Wildman–Crippen LogP) is 3.16. The van der Waals surface area contributed by atoms with Gasteiger partial charge in [0.15, 0.2) is 0 Å². The van der Waals surface area contributed by atoms with Crippen LogP contribution in [0.4, 0.5) is 0 Å². The SMILES string of the molecule is C=Cc1ccc(C(C)C)c(O)c1. The highest BCUT2D eigenvalue weighted by Crippen LogP contribution is 2.26. The van der Waals surface area contributed by atoms with Crippen molar-refractivity contribution in [3.8, 4) is 5.75 Å².